The third kappa shape index (κ3) is 3.97. The van der Waals surface area contributed by atoms with Crippen molar-refractivity contribution in [2.45, 2.75) is 31.7 Å². The van der Waals surface area contributed by atoms with Crippen LogP contribution in [0, 0.1) is 0 Å². The van der Waals surface area contributed by atoms with E-state index in [1.54, 1.807) is 42.5 Å². The molecule has 1 aliphatic heterocycles. The van der Waals surface area contributed by atoms with Crippen molar-refractivity contribution in [1.29, 1.82) is 0 Å². The number of urea groups is 1. The molecule has 4 rings (SSSR count). The summed E-state index contributed by atoms with van der Waals surface area (Å²) in [5.41, 5.74) is 1.03. The fraction of sp³-hybridized carbons (Fsp3) is 0.238. The predicted molar refractivity (Wildman–Crippen MR) is 112 cm³/mol. The molecule has 1 fully saturated rings. The van der Waals surface area contributed by atoms with Gasteiger partial charge in [0.25, 0.3) is 5.91 Å². The van der Waals surface area contributed by atoms with Crippen LogP contribution in [0.2, 0.25) is 0 Å². The zero-order chi connectivity index (χ0) is 20.4. The van der Waals surface area contributed by atoms with E-state index in [1.165, 1.54) is 0 Å². The molecular weight excluding hydrogens is 388 g/mol. The molecule has 148 valence electrons. The van der Waals surface area contributed by atoms with Crippen LogP contribution in [-0.4, -0.2) is 22.8 Å². The lowest BCUT2D eigenvalue weighted by Gasteiger charge is -2.21. The lowest BCUT2D eigenvalue weighted by molar-refractivity contribution is -0.123. The Morgan fingerprint density at radius 2 is 2.00 bits per heavy atom. The molecule has 2 aromatic carbocycles. The van der Waals surface area contributed by atoms with E-state index in [0.717, 1.165) is 21.6 Å². The Balaban J connectivity index is 1.35. The SMILES string of the molecule is C[C@@]1(c2cccc(NC(=O)CCCc3nc4ccccc4s3)c2)NC(=O)NC1=O. The summed E-state index contributed by atoms with van der Waals surface area (Å²) in [4.78, 5) is 40.5. The molecule has 4 amide bonds. The average Bonchev–Trinajstić information content (AvgIpc) is 3.22. The third-order valence-electron chi connectivity index (χ3n) is 4.90. The number of thiazole rings is 1. The Labute approximate surface area is 171 Å². The van der Waals surface area contributed by atoms with E-state index >= 15 is 0 Å². The lowest BCUT2D eigenvalue weighted by Crippen LogP contribution is -2.40. The number of nitrogens with zero attached hydrogens (tertiary/aromatic N) is 1. The number of hydrogen-bond acceptors (Lipinski definition) is 5. The maximum absolute atomic E-state index is 12.3. The predicted octanol–water partition coefficient (Wildman–Crippen LogP) is 3.31. The highest BCUT2D eigenvalue weighted by atomic mass is 32.1. The van der Waals surface area contributed by atoms with Gasteiger partial charge in [-0.2, -0.15) is 0 Å². The van der Waals surface area contributed by atoms with Crippen molar-refractivity contribution in [3.8, 4) is 0 Å². The number of rotatable bonds is 6. The zero-order valence-electron chi connectivity index (χ0n) is 15.8. The maximum Gasteiger partial charge on any atom is 0.322 e. The second-order valence-corrected chi connectivity index (χ2v) is 8.21. The molecule has 1 aliphatic rings. The number of benzene rings is 2. The van der Waals surface area contributed by atoms with E-state index in [4.69, 9.17) is 0 Å². The molecule has 8 heteroatoms. The van der Waals surface area contributed by atoms with Gasteiger partial charge in [-0.05, 0) is 49.6 Å². The van der Waals surface area contributed by atoms with Gasteiger partial charge >= 0.3 is 6.03 Å². The normalized spacial score (nSPS) is 18.5. The van der Waals surface area contributed by atoms with Crippen molar-refractivity contribution in [1.82, 2.24) is 15.6 Å². The van der Waals surface area contributed by atoms with E-state index in [0.29, 0.717) is 24.1 Å². The number of anilines is 1. The van der Waals surface area contributed by atoms with Crippen LogP contribution >= 0.6 is 11.3 Å². The third-order valence-corrected chi connectivity index (χ3v) is 6.00. The zero-order valence-corrected chi connectivity index (χ0v) is 16.6. The minimum Gasteiger partial charge on any atom is -0.326 e. The van der Waals surface area contributed by atoms with E-state index in [9.17, 15) is 14.4 Å². The van der Waals surface area contributed by atoms with Gasteiger partial charge in [0.15, 0.2) is 0 Å². The van der Waals surface area contributed by atoms with Gasteiger partial charge in [0.2, 0.25) is 5.91 Å². The van der Waals surface area contributed by atoms with E-state index in [-0.39, 0.29) is 5.91 Å². The summed E-state index contributed by atoms with van der Waals surface area (Å²) >= 11 is 1.65. The summed E-state index contributed by atoms with van der Waals surface area (Å²) in [6, 6.07) is 14.4. The van der Waals surface area contributed by atoms with Crippen LogP contribution in [0.4, 0.5) is 10.5 Å². The van der Waals surface area contributed by atoms with Crippen molar-refractivity contribution in [2.24, 2.45) is 0 Å². The first-order chi connectivity index (χ1) is 13.9. The van der Waals surface area contributed by atoms with Gasteiger partial charge in [0.05, 0.1) is 15.2 Å². The summed E-state index contributed by atoms with van der Waals surface area (Å²) in [5, 5.41) is 8.75. The number of fused-ring (bicyclic) bond motifs is 1. The Morgan fingerprint density at radius 1 is 1.17 bits per heavy atom. The van der Waals surface area contributed by atoms with E-state index in [1.807, 2.05) is 24.3 Å². The molecule has 0 spiro atoms. The topological polar surface area (TPSA) is 100 Å². The van der Waals surface area contributed by atoms with Crippen LogP contribution < -0.4 is 16.0 Å². The second kappa shape index (κ2) is 7.63. The average molecular weight is 408 g/mol. The molecule has 1 saturated heterocycles. The molecule has 0 radical (unpaired) electrons. The Bertz CT molecular complexity index is 1080. The number of imide groups is 1. The van der Waals surface area contributed by atoms with Gasteiger partial charge in [0.1, 0.15) is 5.54 Å². The van der Waals surface area contributed by atoms with Crippen molar-refractivity contribution < 1.29 is 14.4 Å². The summed E-state index contributed by atoms with van der Waals surface area (Å²) < 4.78 is 1.15. The van der Waals surface area contributed by atoms with E-state index in [2.05, 4.69) is 20.9 Å². The van der Waals surface area contributed by atoms with Crippen LogP contribution in [0.15, 0.2) is 48.5 Å². The number of aryl methyl sites for hydroxylation is 1. The molecule has 0 unspecified atom stereocenters. The first-order valence-electron chi connectivity index (χ1n) is 9.32. The molecule has 0 aliphatic carbocycles. The lowest BCUT2D eigenvalue weighted by atomic mass is 9.92. The Hall–Kier alpha value is -3.26. The molecule has 0 bridgehead atoms. The number of para-hydroxylation sites is 1. The maximum atomic E-state index is 12.3. The van der Waals surface area contributed by atoms with Crippen LogP contribution in [0.3, 0.4) is 0 Å². The summed E-state index contributed by atoms with van der Waals surface area (Å²) in [6.07, 6.45) is 1.81. The number of hydrogen-bond donors (Lipinski definition) is 3. The fourth-order valence-corrected chi connectivity index (χ4v) is 4.31. The highest BCUT2D eigenvalue weighted by Gasteiger charge is 2.43. The smallest absolute Gasteiger partial charge is 0.322 e. The van der Waals surface area contributed by atoms with E-state index < -0.39 is 17.5 Å². The van der Waals surface area contributed by atoms with Gasteiger partial charge in [-0.15, -0.1) is 11.3 Å². The first kappa shape index (κ1) is 19.1. The second-order valence-electron chi connectivity index (χ2n) is 7.09. The minimum absolute atomic E-state index is 0.103. The summed E-state index contributed by atoms with van der Waals surface area (Å²) in [6.45, 7) is 1.63. The van der Waals surface area contributed by atoms with Crippen LogP contribution in [0.1, 0.15) is 30.3 Å². The molecule has 3 aromatic rings. The molecular formula is C21H20N4O3S. The van der Waals surface area contributed by atoms with Crippen molar-refractivity contribution in [3.63, 3.8) is 0 Å². The highest BCUT2D eigenvalue weighted by molar-refractivity contribution is 7.18. The van der Waals surface area contributed by atoms with Gasteiger partial charge in [-0.3, -0.25) is 14.9 Å². The quantitative estimate of drug-likeness (QED) is 0.545. The summed E-state index contributed by atoms with van der Waals surface area (Å²) in [7, 11) is 0. The number of carbonyl (C=O) groups excluding carboxylic acids is 3. The van der Waals surface area contributed by atoms with Gasteiger partial charge in [-0.25, -0.2) is 9.78 Å². The van der Waals surface area contributed by atoms with Crippen molar-refractivity contribution in [2.75, 3.05) is 5.32 Å². The van der Waals surface area contributed by atoms with Crippen molar-refractivity contribution in [3.05, 3.63) is 59.1 Å². The standard InChI is InChI=1S/C21H20N4O3S/c1-21(19(27)24-20(28)25-21)13-6-4-7-14(12-13)22-17(26)10-5-11-18-23-15-8-2-3-9-16(15)29-18/h2-4,6-9,12H,5,10-11H2,1H3,(H,22,26)(H2,24,25,27,28)/t21-/m0/s1. The van der Waals surface area contributed by atoms with Crippen molar-refractivity contribution >= 4 is 45.1 Å². The highest BCUT2D eigenvalue weighted by Crippen LogP contribution is 2.27. The van der Waals surface area contributed by atoms with Crippen LogP contribution in [0.25, 0.3) is 10.2 Å². The Morgan fingerprint density at radius 3 is 2.76 bits per heavy atom. The number of carbonyl (C=O) groups is 3. The van der Waals surface area contributed by atoms with Gasteiger partial charge in [0, 0.05) is 12.1 Å². The van der Waals surface area contributed by atoms with Gasteiger partial charge < -0.3 is 10.6 Å². The van der Waals surface area contributed by atoms with Gasteiger partial charge in [-0.1, -0.05) is 24.3 Å². The largest absolute Gasteiger partial charge is 0.326 e. The molecule has 29 heavy (non-hydrogen) atoms. The molecule has 1 aromatic heterocycles. The number of nitrogens with one attached hydrogen (secondary N) is 3. The number of amides is 4. The fourth-order valence-electron chi connectivity index (χ4n) is 3.30. The molecule has 2 heterocycles. The van der Waals surface area contributed by atoms with Crippen LogP contribution in [-0.2, 0) is 21.5 Å². The monoisotopic (exact) mass is 408 g/mol. The molecule has 3 N–H and O–H groups in total. The molecule has 1 atom stereocenters. The molecule has 7 nitrogen and oxygen atoms in total. The Kier molecular flexibility index (Phi) is 5.02. The molecule has 0 saturated carbocycles. The van der Waals surface area contributed by atoms with Crippen LogP contribution in [0.5, 0.6) is 0 Å². The summed E-state index contributed by atoms with van der Waals surface area (Å²) in [5.74, 6) is -0.518. The first-order valence-corrected chi connectivity index (χ1v) is 10.1. The number of aromatic nitrogens is 1. The minimum atomic E-state index is -1.15.